The minimum atomic E-state index is -2.88. The van der Waals surface area contributed by atoms with E-state index in [1.807, 2.05) is 0 Å². The minimum absolute atomic E-state index is 0.0740. The number of hydrogen-bond acceptors (Lipinski definition) is 4. The van der Waals surface area contributed by atoms with Crippen molar-refractivity contribution in [1.29, 1.82) is 0 Å². The van der Waals surface area contributed by atoms with Gasteiger partial charge in [0.1, 0.15) is 15.7 Å². The third-order valence-corrected chi connectivity index (χ3v) is 5.13. The van der Waals surface area contributed by atoms with E-state index in [-0.39, 0.29) is 29.7 Å². The molecule has 19 heavy (non-hydrogen) atoms. The van der Waals surface area contributed by atoms with Crippen molar-refractivity contribution in [3.63, 3.8) is 0 Å². The Balaban J connectivity index is 1.85. The summed E-state index contributed by atoms with van der Waals surface area (Å²) in [6.07, 6.45) is 0.179. The van der Waals surface area contributed by atoms with Crippen molar-refractivity contribution in [3.05, 3.63) is 35.6 Å². The summed E-state index contributed by atoms with van der Waals surface area (Å²) in [5, 5.41) is 13.0. The van der Waals surface area contributed by atoms with Crippen molar-refractivity contribution in [2.75, 3.05) is 18.1 Å². The van der Waals surface area contributed by atoms with Crippen molar-refractivity contribution in [3.8, 4) is 0 Å². The highest BCUT2D eigenvalue weighted by Gasteiger charge is 2.24. The van der Waals surface area contributed by atoms with Gasteiger partial charge in [-0.1, -0.05) is 18.2 Å². The van der Waals surface area contributed by atoms with Crippen LogP contribution in [0.25, 0.3) is 0 Å². The van der Waals surface area contributed by atoms with Gasteiger partial charge in [0, 0.05) is 18.2 Å². The van der Waals surface area contributed by atoms with E-state index in [0.29, 0.717) is 12.8 Å². The van der Waals surface area contributed by atoms with Gasteiger partial charge in [-0.15, -0.1) is 0 Å². The smallest absolute Gasteiger partial charge is 0.150 e. The maximum atomic E-state index is 13.4. The predicted molar refractivity (Wildman–Crippen MR) is 71.0 cm³/mol. The molecule has 0 amide bonds. The summed E-state index contributed by atoms with van der Waals surface area (Å²) < 4.78 is 36.0. The number of aliphatic hydroxyl groups is 1. The number of hydrogen-bond donors (Lipinski definition) is 2. The lowest BCUT2D eigenvalue weighted by molar-refractivity contribution is 0.164. The third kappa shape index (κ3) is 3.99. The van der Waals surface area contributed by atoms with Crippen LogP contribution in [0.3, 0.4) is 0 Å². The average Bonchev–Trinajstić information content (AvgIpc) is 2.38. The van der Waals surface area contributed by atoms with Crippen LogP contribution < -0.4 is 5.32 Å². The van der Waals surface area contributed by atoms with E-state index in [4.69, 9.17) is 0 Å². The zero-order valence-electron chi connectivity index (χ0n) is 10.5. The summed E-state index contributed by atoms with van der Waals surface area (Å²) >= 11 is 0. The molecule has 1 unspecified atom stereocenters. The Morgan fingerprint density at radius 2 is 1.95 bits per heavy atom. The Kier molecular flexibility index (Phi) is 4.54. The second kappa shape index (κ2) is 5.98. The van der Waals surface area contributed by atoms with E-state index in [1.165, 1.54) is 6.07 Å². The fraction of sp³-hybridized carbons (Fsp3) is 0.538. The van der Waals surface area contributed by atoms with Gasteiger partial charge < -0.3 is 10.4 Å². The summed E-state index contributed by atoms with van der Waals surface area (Å²) in [4.78, 5) is 0. The van der Waals surface area contributed by atoms with Gasteiger partial charge in [0.05, 0.1) is 17.6 Å². The Morgan fingerprint density at radius 3 is 2.58 bits per heavy atom. The van der Waals surface area contributed by atoms with Crippen LogP contribution in [0.1, 0.15) is 24.5 Å². The first-order valence-corrected chi connectivity index (χ1v) is 8.16. The van der Waals surface area contributed by atoms with Crippen LogP contribution in [0.5, 0.6) is 0 Å². The molecule has 1 atom stereocenters. The van der Waals surface area contributed by atoms with Gasteiger partial charge in [-0.25, -0.2) is 12.8 Å². The highest BCUT2D eigenvalue weighted by Crippen LogP contribution is 2.17. The van der Waals surface area contributed by atoms with Crippen LogP contribution >= 0.6 is 0 Å². The molecule has 1 aromatic carbocycles. The van der Waals surface area contributed by atoms with Crippen molar-refractivity contribution < 1.29 is 17.9 Å². The molecular formula is C13H18FNO3S. The number of benzene rings is 1. The van der Waals surface area contributed by atoms with Crippen LogP contribution in [0.4, 0.5) is 4.39 Å². The quantitative estimate of drug-likeness (QED) is 0.868. The lowest BCUT2D eigenvalue weighted by Gasteiger charge is -2.24. The second-order valence-corrected chi connectivity index (χ2v) is 7.18. The molecule has 0 spiro atoms. The molecule has 1 fully saturated rings. The second-order valence-electron chi connectivity index (χ2n) is 4.87. The number of halogens is 1. The van der Waals surface area contributed by atoms with Crippen molar-refractivity contribution >= 4 is 9.84 Å². The Morgan fingerprint density at radius 1 is 1.32 bits per heavy atom. The first-order valence-electron chi connectivity index (χ1n) is 6.34. The zero-order chi connectivity index (χ0) is 13.9. The molecule has 1 aliphatic rings. The van der Waals surface area contributed by atoms with E-state index < -0.39 is 21.8 Å². The summed E-state index contributed by atoms with van der Waals surface area (Å²) in [7, 11) is -2.88. The molecule has 1 aliphatic heterocycles. The molecule has 0 aliphatic carbocycles. The van der Waals surface area contributed by atoms with E-state index in [9.17, 15) is 17.9 Å². The lowest BCUT2D eigenvalue weighted by Crippen LogP contribution is -2.39. The summed E-state index contributed by atoms with van der Waals surface area (Å²) in [6, 6.07) is 6.18. The number of nitrogens with one attached hydrogen (secondary N) is 1. The Hall–Kier alpha value is -0.980. The normalized spacial score (nSPS) is 21.2. The van der Waals surface area contributed by atoms with Gasteiger partial charge in [0.25, 0.3) is 0 Å². The molecule has 1 heterocycles. The Labute approximate surface area is 112 Å². The number of aliphatic hydroxyl groups excluding tert-OH is 1. The molecule has 4 nitrogen and oxygen atoms in total. The molecule has 6 heteroatoms. The largest absolute Gasteiger partial charge is 0.387 e. The molecular weight excluding hydrogens is 269 g/mol. The average molecular weight is 287 g/mol. The first kappa shape index (κ1) is 14.4. The third-order valence-electron chi connectivity index (χ3n) is 3.42. The van der Waals surface area contributed by atoms with Gasteiger partial charge in [0.15, 0.2) is 0 Å². The zero-order valence-corrected chi connectivity index (χ0v) is 11.4. The van der Waals surface area contributed by atoms with Crippen LogP contribution in [0, 0.1) is 5.82 Å². The standard InChI is InChI=1S/C13H18FNO3S/c14-12-4-2-1-3-11(12)13(16)9-15-10-5-7-19(17,18)8-6-10/h1-4,10,13,15-16H,5-9H2. The molecule has 1 saturated heterocycles. The molecule has 2 N–H and O–H groups in total. The minimum Gasteiger partial charge on any atom is -0.387 e. The summed E-state index contributed by atoms with van der Waals surface area (Å²) in [5.41, 5.74) is 0.262. The topological polar surface area (TPSA) is 66.4 Å². The SMILES string of the molecule is O=S1(=O)CCC(NCC(O)c2ccccc2F)CC1. The van der Waals surface area contributed by atoms with Gasteiger partial charge in [0.2, 0.25) is 0 Å². The molecule has 0 radical (unpaired) electrons. The van der Waals surface area contributed by atoms with E-state index in [2.05, 4.69) is 5.32 Å². The molecule has 2 rings (SSSR count). The molecule has 1 aromatic rings. The highest BCUT2D eigenvalue weighted by molar-refractivity contribution is 7.91. The van der Waals surface area contributed by atoms with Crippen molar-refractivity contribution in [2.24, 2.45) is 0 Å². The van der Waals surface area contributed by atoms with E-state index in [0.717, 1.165) is 0 Å². The van der Waals surface area contributed by atoms with Crippen LogP contribution in [-0.4, -0.2) is 37.6 Å². The first-order chi connectivity index (χ1) is 8.98. The molecule has 0 aromatic heterocycles. The number of rotatable bonds is 4. The summed E-state index contributed by atoms with van der Waals surface area (Å²) in [6.45, 7) is 0.228. The molecule has 106 valence electrons. The van der Waals surface area contributed by atoms with Gasteiger partial charge in [-0.2, -0.15) is 0 Å². The van der Waals surface area contributed by atoms with Crippen molar-refractivity contribution in [1.82, 2.24) is 5.32 Å². The lowest BCUT2D eigenvalue weighted by atomic mass is 10.1. The maximum Gasteiger partial charge on any atom is 0.150 e. The van der Waals surface area contributed by atoms with Gasteiger partial charge >= 0.3 is 0 Å². The highest BCUT2D eigenvalue weighted by atomic mass is 32.2. The van der Waals surface area contributed by atoms with Gasteiger partial charge in [-0.3, -0.25) is 0 Å². The van der Waals surface area contributed by atoms with Gasteiger partial charge in [-0.05, 0) is 18.9 Å². The predicted octanol–water partition coefficient (Wildman–Crippen LogP) is 1.03. The molecule has 0 saturated carbocycles. The van der Waals surface area contributed by atoms with Crippen LogP contribution in [-0.2, 0) is 9.84 Å². The van der Waals surface area contributed by atoms with Crippen molar-refractivity contribution in [2.45, 2.75) is 25.0 Å². The van der Waals surface area contributed by atoms with Crippen LogP contribution in [0.2, 0.25) is 0 Å². The fourth-order valence-corrected chi connectivity index (χ4v) is 3.72. The van der Waals surface area contributed by atoms with Crippen LogP contribution in [0.15, 0.2) is 24.3 Å². The maximum absolute atomic E-state index is 13.4. The summed E-state index contributed by atoms with van der Waals surface area (Å²) in [5.74, 6) is -0.0657. The van der Waals surface area contributed by atoms with E-state index in [1.54, 1.807) is 18.2 Å². The number of sulfone groups is 1. The van der Waals surface area contributed by atoms with E-state index >= 15 is 0 Å². The fourth-order valence-electron chi connectivity index (χ4n) is 2.23. The Bertz CT molecular complexity index is 518. The molecule has 0 bridgehead atoms. The monoisotopic (exact) mass is 287 g/mol.